The van der Waals surface area contributed by atoms with Gasteiger partial charge in [-0.05, 0) is 31.9 Å². The van der Waals surface area contributed by atoms with Crippen molar-refractivity contribution >= 4 is 0 Å². The highest BCUT2D eigenvalue weighted by atomic mass is 16.6. The molecule has 0 saturated heterocycles. The highest BCUT2D eigenvalue weighted by Crippen LogP contribution is 2.13. The van der Waals surface area contributed by atoms with Crippen LogP contribution in [0.3, 0.4) is 0 Å². The molecule has 2 rings (SSSR count). The maximum Gasteiger partial charge on any atom is 0.105 e. The first-order valence-electron chi connectivity index (χ1n) is 8.44. The van der Waals surface area contributed by atoms with Gasteiger partial charge in [-0.2, -0.15) is 0 Å². The second-order valence-electron chi connectivity index (χ2n) is 6.85. The molecule has 0 heterocycles. The summed E-state index contributed by atoms with van der Waals surface area (Å²) in [5.41, 5.74) is 2.10. The largest absolute Gasteiger partial charge is 0.374 e. The van der Waals surface area contributed by atoms with E-state index in [1.165, 1.54) is 0 Å². The van der Waals surface area contributed by atoms with Crippen molar-refractivity contribution < 1.29 is 14.2 Å². The van der Waals surface area contributed by atoms with Crippen LogP contribution in [0.25, 0.3) is 0 Å². The van der Waals surface area contributed by atoms with Gasteiger partial charge in [0.25, 0.3) is 0 Å². The zero-order chi connectivity index (χ0) is 17.3. The lowest BCUT2D eigenvalue weighted by molar-refractivity contribution is -0.124. The summed E-state index contributed by atoms with van der Waals surface area (Å²) in [7, 11) is 0. The molecule has 0 spiro atoms. The van der Waals surface area contributed by atoms with Gasteiger partial charge in [0.05, 0.1) is 32.0 Å². The van der Waals surface area contributed by atoms with Gasteiger partial charge in [-0.3, -0.25) is 0 Å². The highest BCUT2D eigenvalue weighted by molar-refractivity contribution is 5.14. The summed E-state index contributed by atoms with van der Waals surface area (Å²) < 4.78 is 17.7. The Morgan fingerprint density at radius 3 is 1.50 bits per heavy atom. The van der Waals surface area contributed by atoms with Crippen LogP contribution in [0.5, 0.6) is 0 Å². The molecular weight excluding hydrogens is 300 g/mol. The fraction of sp³-hybridized carbons (Fsp3) is 0.429. The molecule has 0 N–H and O–H groups in total. The molecule has 0 fully saturated rings. The summed E-state index contributed by atoms with van der Waals surface area (Å²) in [6, 6.07) is 20.3. The average molecular weight is 328 g/mol. The summed E-state index contributed by atoms with van der Waals surface area (Å²) in [4.78, 5) is 0. The summed E-state index contributed by atoms with van der Waals surface area (Å²) in [6.07, 6.45) is -0.0857. The molecule has 0 aliphatic heterocycles. The molecule has 2 aromatic rings. The van der Waals surface area contributed by atoms with Crippen LogP contribution in [0.4, 0.5) is 0 Å². The third-order valence-corrected chi connectivity index (χ3v) is 3.35. The topological polar surface area (TPSA) is 27.7 Å². The van der Waals surface area contributed by atoms with Crippen molar-refractivity contribution in [2.45, 2.75) is 45.7 Å². The number of rotatable bonds is 9. The number of benzene rings is 2. The fourth-order valence-electron chi connectivity index (χ4n) is 2.38. The third kappa shape index (κ3) is 7.73. The van der Waals surface area contributed by atoms with Crippen molar-refractivity contribution in [1.82, 2.24) is 0 Å². The molecule has 2 aromatic carbocycles. The van der Waals surface area contributed by atoms with Crippen LogP contribution in [0.2, 0.25) is 0 Å². The molecule has 0 unspecified atom stereocenters. The second kappa shape index (κ2) is 9.58. The van der Waals surface area contributed by atoms with Gasteiger partial charge < -0.3 is 14.2 Å². The van der Waals surface area contributed by atoms with E-state index in [1.807, 2.05) is 57.2 Å². The van der Waals surface area contributed by atoms with Gasteiger partial charge in [-0.25, -0.2) is 0 Å². The minimum atomic E-state index is -0.225. The maximum atomic E-state index is 6.06. The van der Waals surface area contributed by atoms with Crippen LogP contribution in [0.15, 0.2) is 60.7 Å². The molecule has 0 amide bonds. The third-order valence-electron chi connectivity index (χ3n) is 3.35. The van der Waals surface area contributed by atoms with E-state index in [1.54, 1.807) is 0 Å². The number of hydrogen-bond donors (Lipinski definition) is 0. The van der Waals surface area contributed by atoms with Gasteiger partial charge in [-0.15, -0.1) is 0 Å². The number of ether oxygens (including phenoxy) is 3. The van der Waals surface area contributed by atoms with E-state index in [4.69, 9.17) is 14.2 Å². The molecule has 0 aliphatic carbocycles. The maximum absolute atomic E-state index is 6.06. The predicted octanol–water partition coefficient (Wildman–Crippen LogP) is 4.60. The molecule has 0 radical (unpaired) electrons. The van der Waals surface area contributed by atoms with Crippen LogP contribution in [-0.4, -0.2) is 24.9 Å². The smallest absolute Gasteiger partial charge is 0.105 e. The van der Waals surface area contributed by atoms with E-state index in [9.17, 15) is 0 Å². The van der Waals surface area contributed by atoms with E-state index in [2.05, 4.69) is 24.3 Å². The zero-order valence-corrected chi connectivity index (χ0v) is 14.9. The minimum absolute atomic E-state index is 0.0857. The molecule has 130 valence electrons. The predicted molar refractivity (Wildman–Crippen MR) is 96.8 cm³/mol. The summed E-state index contributed by atoms with van der Waals surface area (Å²) in [5, 5.41) is 0. The molecule has 3 nitrogen and oxygen atoms in total. The van der Waals surface area contributed by atoms with E-state index in [0.717, 1.165) is 11.1 Å². The fourth-order valence-corrected chi connectivity index (χ4v) is 2.38. The highest BCUT2D eigenvalue weighted by Gasteiger charge is 2.19. The molecule has 0 bridgehead atoms. The first-order valence-corrected chi connectivity index (χ1v) is 8.44. The average Bonchev–Trinajstić information content (AvgIpc) is 2.55. The van der Waals surface area contributed by atoms with Gasteiger partial charge in [0.2, 0.25) is 0 Å². The SMILES string of the molecule is CC(C)(C)OC(COCc1ccccc1)COCc1ccccc1. The van der Waals surface area contributed by atoms with Gasteiger partial charge >= 0.3 is 0 Å². The van der Waals surface area contributed by atoms with Crippen molar-refractivity contribution in [2.24, 2.45) is 0 Å². The Morgan fingerprint density at radius 1 is 0.708 bits per heavy atom. The molecule has 0 aliphatic rings. The molecule has 0 atom stereocenters. The first kappa shape index (κ1) is 18.7. The van der Waals surface area contributed by atoms with Crippen LogP contribution in [0.1, 0.15) is 31.9 Å². The Labute approximate surface area is 145 Å². The van der Waals surface area contributed by atoms with E-state index < -0.39 is 0 Å². The van der Waals surface area contributed by atoms with Crippen LogP contribution < -0.4 is 0 Å². The number of hydrogen-bond acceptors (Lipinski definition) is 3. The normalized spacial score (nSPS) is 11.8. The van der Waals surface area contributed by atoms with Gasteiger partial charge in [-0.1, -0.05) is 60.7 Å². The molecule has 3 heteroatoms. The summed E-state index contributed by atoms with van der Waals surface area (Å²) >= 11 is 0. The van der Waals surface area contributed by atoms with Crippen molar-refractivity contribution in [3.8, 4) is 0 Å². The van der Waals surface area contributed by atoms with Crippen LogP contribution in [-0.2, 0) is 27.4 Å². The molecule has 0 aromatic heterocycles. The Bertz CT molecular complexity index is 515. The lowest BCUT2D eigenvalue weighted by Crippen LogP contribution is -2.34. The monoisotopic (exact) mass is 328 g/mol. The van der Waals surface area contributed by atoms with Crippen molar-refractivity contribution in [1.29, 1.82) is 0 Å². The Morgan fingerprint density at radius 2 is 1.12 bits per heavy atom. The van der Waals surface area contributed by atoms with E-state index in [-0.39, 0.29) is 11.7 Å². The Balaban J connectivity index is 1.78. The molecule has 0 saturated carbocycles. The van der Waals surface area contributed by atoms with Gasteiger partial charge in [0.1, 0.15) is 6.10 Å². The summed E-state index contributed by atoms with van der Waals surface area (Å²) in [6.45, 7) is 8.35. The molecular formula is C21H28O3. The van der Waals surface area contributed by atoms with Gasteiger partial charge in [0, 0.05) is 0 Å². The Hall–Kier alpha value is -1.68. The minimum Gasteiger partial charge on any atom is -0.374 e. The van der Waals surface area contributed by atoms with Crippen LogP contribution >= 0.6 is 0 Å². The second-order valence-corrected chi connectivity index (χ2v) is 6.85. The van der Waals surface area contributed by atoms with Gasteiger partial charge in [0.15, 0.2) is 0 Å². The molecule has 24 heavy (non-hydrogen) atoms. The quantitative estimate of drug-likeness (QED) is 0.673. The van der Waals surface area contributed by atoms with Crippen molar-refractivity contribution in [3.05, 3.63) is 71.8 Å². The first-order chi connectivity index (χ1) is 11.5. The van der Waals surface area contributed by atoms with Crippen LogP contribution in [0, 0.1) is 0 Å². The Kier molecular flexibility index (Phi) is 7.44. The van der Waals surface area contributed by atoms with E-state index >= 15 is 0 Å². The zero-order valence-electron chi connectivity index (χ0n) is 14.9. The standard InChI is InChI=1S/C21H28O3/c1-21(2,3)24-20(16-22-14-18-10-6-4-7-11-18)17-23-15-19-12-8-5-9-13-19/h4-13,20H,14-17H2,1-3H3. The lowest BCUT2D eigenvalue weighted by atomic mass is 10.2. The van der Waals surface area contributed by atoms with Crippen molar-refractivity contribution in [3.63, 3.8) is 0 Å². The lowest BCUT2D eigenvalue weighted by Gasteiger charge is -2.27. The van der Waals surface area contributed by atoms with Crippen molar-refractivity contribution in [2.75, 3.05) is 13.2 Å². The van der Waals surface area contributed by atoms with E-state index in [0.29, 0.717) is 26.4 Å². The summed E-state index contributed by atoms with van der Waals surface area (Å²) in [5.74, 6) is 0.